The Balaban J connectivity index is 2.31. The summed E-state index contributed by atoms with van der Waals surface area (Å²) in [5.41, 5.74) is 2.96. The Kier molecular flexibility index (Phi) is 4.14. The van der Waals surface area contributed by atoms with Gasteiger partial charge >= 0.3 is 0 Å². The molecule has 1 heterocycles. The molecule has 2 nitrogen and oxygen atoms in total. The first-order chi connectivity index (χ1) is 9.08. The zero-order valence-corrected chi connectivity index (χ0v) is 12.3. The van der Waals surface area contributed by atoms with Crippen LogP contribution >= 0.6 is 0 Å². The van der Waals surface area contributed by atoms with Gasteiger partial charge in [-0.3, -0.25) is 0 Å². The quantitative estimate of drug-likeness (QED) is 0.812. The maximum Gasteiger partial charge on any atom is 0.0625 e. The van der Waals surface area contributed by atoms with Gasteiger partial charge in [0.1, 0.15) is 0 Å². The lowest BCUT2D eigenvalue weighted by molar-refractivity contribution is 0.292. The predicted octanol–water partition coefficient (Wildman–Crippen LogP) is 4.16. The van der Waals surface area contributed by atoms with Crippen LogP contribution in [0.25, 0.3) is 0 Å². The van der Waals surface area contributed by atoms with E-state index in [1.54, 1.807) is 0 Å². The standard InChI is InChI=1S/C17H24N2/c1-4-15-7-5-6-8-16(15)19-13-14(10-12-18)9-11-17(19,2)3/h5-8,14H,4,9-11,13H2,1-3H3. The van der Waals surface area contributed by atoms with Gasteiger partial charge in [0.15, 0.2) is 0 Å². The van der Waals surface area contributed by atoms with E-state index in [2.05, 4.69) is 56.0 Å². The fourth-order valence-electron chi connectivity index (χ4n) is 3.08. The number of anilines is 1. The number of benzene rings is 1. The molecule has 1 aliphatic rings. The van der Waals surface area contributed by atoms with Gasteiger partial charge in [-0.15, -0.1) is 0 Å². The molecule has 102 valence electrons. The Morgan fingerprint density at radius 3 is 2.79 bits per heavy atom. The maximum atomic E-state index is 8.94. The van der Waals surface area contributed by atoms with E-state index >= 15 is 0 Å². The third kappa shape index (κ3) is 2.92. The molecule has 1 saturated heterocycles. The van der Waals surface area contributed by atoms with Gasteiger partial charge in [0.2, 0.25) is 0 Å². The number of piperidine rings is 1. The molecule has 0 radical (unpaired) electrons. The molecule has 1 atom stereocenters. The third-order valence-electron chi connectivity index (χ3n) is 4.38. The zero-order chi connectivity index (χ0) is 13.9. The second-order valence-corrected chi connectivity index (χ2v) is 6.17. The first kappa shape index (κ1) is 13.9. The van der Waals surface area contributed by atoms with Crippen molar-refractivity contribution in [2.75, 3.05) is 11.4 Å². The summed E-state index contributed by atoms with van der Waals surface area (Å²) in [6.07, 6.45) is 4.08. The summed E-state index contributed by atoms with van der Waals surface area (Å²) in [6.45, 7) is 7.87. The van der Waals surface area contributed by atoms with Crippen molar-refractivity contribution in [3.8, 4) is 6.07 Å². The van der Waals surface area contributed by atoms with Crippen molar-refractivity contribution in [1.29, 1.82) is 5.26 Å². The summed E-state index contributed by atoms with van der Waals surface area (Å²) in [4.78, 5) is 2.53. The Hall–Kier alpha value is -1.49. The smallest absolute Gasteiger partial charge is 0.0625 e. The van der Waals surface area contributed by atoms with E-state index in [9.17, 15) is 0 Å². The zero-order valence-electron chi connectivity index (χ0n) is 12.3. The molecule has 1 unspecified atom stereocenters. The molecule has 1 aliphatic heterocycles. The Morgan fingerprint density at radius 1 is 1.37 bits per heavy atom. The highest BCUT2D eigenvalue weighted by molar-refractivity contribution is 5.56. The molecule has 1 fully saturated rings. The Bertz CT molecular complexity index is 470. The summed E-state index contributed by atoms with van der Waals surface area (Å²) in [5.74, 6) is 0.517. The molecule has 2 heteroatoms. The normalized spacial score (nSPS) is 22.0. The molecular weight excluding hydrogens is 232 g/mol. The van der Waals surface area contributed by atoms with Crippen LogP contribution in [-0.4, -0.2) is 12.1 Å². The fourth-order valence-corrected chi connectivity index (χ4v) is 3.08. The number of hydrogen-bond donors (Lipinski definition) is 0. The molecule has 0 amide bonds. The number of nitriles is 1. The van der Waals surface area contributed by atoms with E-state index in [-0.39, 0.29) is 5.54 Å². The van der Waals surface area contributed by atoms with E-state index in [0.717, 1.165) is 19.4 Å². The van der Waals surface area contributed by atoms with Crippen molar-refractivity contribution in [1.82, 2.24) is 0 Å². The third-order valence-corrected chi connectivity index (χ3v) is 4.38. The summed E-state index contributed by atoms with van der Waals surface area (Å²) in [6, 6.07) is 11.0. The maximum absolute atomic E-state index is 8.94. The van der Waals surface area contributed by atoms with Gasteiger partial charge in [-0.1, -0.05) is 25.1 Å². The summed E-state index contributed by atoms with van der Waals surface area (Å²) in [5, 5.41) is 8.94. The number of aryl methyl sites for hydroxylation is 1. The van der Waals surface area contributed by atoms with Gasteiger partial charge in [-0.05, 0) is 50.7 Å². The monoisotopic (exact) mass is 256 g/mol. The van der Waals surface area contributed by atoms with E-state index in [0.29, 0.717) is 12.3 Å². The van der Waals surface area contributed by atoms with Gasteiger partial charge in [-0.2, -0.15) is 5.26 Å². The second-order valence-electron chi connectivity index (χ2n) is 6.17. The van der Waals surface area contributed by atoms with Crippen LogP contribution in [0.15, 0.2) is 24.3 Å². The van der Waals surface area contributed by atoms with Crippen LogP contribution in [-0.2, 0) is 6.42 Å². The van der Waals surface area contributed by atoms with E-state index < -0.39 is 0 Å². The average Bonchev–Trinajstić information content (AvgIpc) is 2.41. The van der Waals surface area contributed by atoms with Crippen LogP contribution in [0.2, 0.25) is 0 Å². The highest BCUT2D eigenvalue weighted by atomic mass is 15.2. The minimum Gasteiger partial charge on any atom is -0.366 e. The van der Waals surface area contributed by atoms with Crippen LogP contribution in [0.3, 0.4) is 0 Å². The topological polar surface area (TPSA) is 27.0 Å². The molecule has 19 heavy (non-hydrogen) atoms. The Morgan fingerprint density at radius 2 is 2.11 bits per heavy atom. The first-order valence-corrected chi connectivity index (χ1v) is 7.31. The molecule has 1 aromatic carbocycles. The van der Waals surface area contributed by atoms with E-state index in [1.165, 1.54) is 17.7 Å². The Labute approximate surface area is 117 Å². The summed E-state index contributed by atoms with van der Waals surface area (Å²) in [7, 11) is 0. The fraction of sp³-hybridized carbons (Fsp3) is 0.588. The SMILES string of the molecule is CCc1ccccc1N1CC(CC#N)CCC1(C)C. The number of rotatable bonds is 3. The van der Waals surface area contributed by atoms with Crippen molar-refractivity contribution < 1.29 is 0 Å². The number of nitrogens with zero attached hydrogens (tertiary/aromatic N) is 2. The highest BCUT2D eigenvalue weighted by Gasteiger charge is 2.34. The molecule has 0 N–H and O–H groups in total. The minimum atomic E-state index is 0.192. The van der Waals surface area contributed by atoms with Gasteiger partial charge < -0.3 is 4.90 Å². The largest absolute Gasteiger partial charge is 0.366 e. The van der Waals surface area contributed by atoms with Crippen LogP contribution in [0.1, 0.15) is 45.6 Å². The minimum absolute atomic E-state index is 0.192. The highest BCUT2D eigenvalue weighted by Crippen LogP contribution is 2.37. The molecule has 0 aliphatic carbocycles. The van der Waals surface area contributed by atoms with Crippen LogP contribution in [0.4, 0.5) is 5.69 Å². The van der Waals surface area contributed by atoms with Gasteiger partial charge in [0, 0.05) is 24.2 Å². The predicted molar refractivity (Wildman–Crippen MR) is 80.2 cm³/mol. The molecule has 0 spiro atoms. The van der Waals surface area contributed by atoms with Gasteiger partial charge in [0.05, 0.1) is 6.07 Å². The molecule has 2 rings (SSSR count). The van der Waals surface area contributed by atoms with Crippen LogP contribution in [0.5, 0.6) is 0 Å². The summed E-state index contributed by atoms with van der Waals surface area (Å²) < 4.78 is 0. The molecule has 0 bridgehead atoms. The molecular formula is C17H24N2. The number of hydrogen-bond acceptors (Lipinski definition) is 2. The second kappa shape index (κ2) is 5.65. The van der Waals surface area contributed by atoms with Crippen molar-refractivity contribution in [3.05, 3.63) is 29.8 Å². The van der Waals surface area contributed by atoms with Crippen LogP contribution < -0.4 is 4.90 Å². The lowest BCUT2D eigenvalue weighted by Crippen LogP contribution is -2.51. The first-order valence-electron chi connectivity index (χ1n) is 7.31. The van der Waals surface area contributed by atoms with Gasteiger partial charge in [0.25, 0.3) is 0 Å². The van der Waals surface area contributed by atoms with Crippen molar-refractivity contribution in [2.45, 2.75) is 52.0 Å². The van der Waals surface area contributed by atoms with E-state index in [4.69, 9.17) is 5.26 Å². The summed E-state index contributed by atoms with van der Waals surface area (Å²) >= 11 is 0. The molecule has 1 aromatic rings. The lowest BCUT2D eigenvalue weighted by Gasteiger charge is -2.47. The number of para-hydroxylation sites is 1. The van der Waals surface area contributed by atoms with Gasteiger partial charge in [-0.25, -0.2) is 0 Å². The van der Waals surface area contributed by atoms with Crippen molar-refractivity contribution >= 4 is 5.69 Å². The van der Waals surface area contributed by atoms with E-state index in [1.807, 2.05) is 0 Å². The van der Waals surface area contributed by atoms with Crippen molar-refractivity contribution in [3.63, 3.8) is 0 Å². The average molecular weight is 256 g/mol. The molecule has 0 aromatic heterocycles. The lowest BCUT2D eigenvalue weighted by atomic mass is 9.82. The van der Waals surface area contributed by atoms with Crippen LogP contribution in [0, 0.1) is 17.2 Å². The van der Waals surface area contributed by atoms with Crippen molar-refractivity contribution in [2.24, 2.45) is 5.92 Å². The molecule has 0 saturated carbocycles.